The molecule has 0 saturated heterocycles. The molecule has 0 unspecified atom stereocenters. The first kappa shape index (κ1) is 18.1. The van der Waals surface area contributed by atoms with Gasteiger partial charge in [0.15, 0.2) is 0 Å². The van der Waals surface area contributed by atoms with Crippen LogP contribution in [0.5, 0.6) is 11.5 Å². The zero-order valence-corrected chi connectivity index (χ0v) is 15.2. The van der Waals surface area contributed by atoms with Gasteiger partial charge in [-0.2, -0.15) is 0 Å². The van der Waals surface area contributed by atoms with Crippen LogP contribution in [0.15, 0.2) is 46.9 Å². The Morgan fingerprint density at radius 1 is 1.08 bits per heavy atom. The molecule has 0 saturated carbocycles. The highest BCUT2D eigenvalue weighted by molar-refractivity contribution is 9.10. The molecule has 2 aromatic rings. The van der Waals surface area contributed by atoms with Gasteiger partial charge in [0.2, 0.25) is 0 Å². The van der Waals surface area contributed by atoms with Gasteiger partial charge in [-0.1, -0.05) is 23.8 Å². The number of rotatable bonds is 7. The van der Waals surface area contributed by atoms with E-state index in [1.807, 2.05) is 26.0 Å². The molecule has 0 aliphatic carbocycles. The van der Waals surface area contributed by atoms with Crippen molar-refractivity contribution >= 4 is 28.0 Å². The predicted octanol–water partition coefficient (Wildman–Crippen LogP) is 4.62. The second-order valence-electron chi connectivity index (χ2n) is 5.33. The lowest BCUT2D eigenvalue weighted by molar-refractivity contribution is -0.131. The van der Waals surface area contributed by atoms with Gasteiger partial charge in [0.05, 0.1) is 4.47 Å². The van der Waals surface area contributed by atoms with Crippen LogP contribution < -0.4 is 9.47 Å². The van der Waals surface area contributed by atoms with Crippen molar-refractivity contribution in [2.24, 2.45) is 0 Å². The van der Waals surface area contributed by atoms with Crippen LogP contribution in [0.3, 0.4) is 0 Å². The van der Waals surface area contributed by atoms with Gasteiger partial charge in [-0.3, -0.25) is 0 Å². The average Bonchev–Trinajstić information content (AvgIpc) is 2.52. The summed E-state index contributed by atoms with van der Waals surface area (Å²) in [7, 11) is 0. The molecule has 0 bridgehead atoms. The van der Waals surface area contributed by atoms with Crippen molar-refractivity contribution < 1.29 is 19.4 Å². The average molecular weight is 391 g/mol. The molecule has 0 amide bonds. The minimum absolute atomic E-state index is 0.413. The Labute approximate surface area is 149 Å². The monoisotopic (exact) mass is 390 g/mol. The largest absolute Gasteiger partial charge is 0.490 e. The number of carbonyl (C=O) groups is 1. The number of hydrogen-bond donors (Lipinski definition) is 1. The van der Waals surface area contributed by atoms with E-state index in [0.717, 1.165) is 27.4 Å². The summed E-state index contributed by atoms with van der Waals surface area (Å²) in [4.78, 5) is 10.5. The van der Waals surface area contributed by atoms with E-state index in [4.69, 9.17) is 14.6 Å². The van der Waals surface area contributed by atoms with Gasteiger partial charge in [-0.25, -0.2) is 4.79 Å². The summed E-state index contributed by atoms with van der Waals surface area (Å²) < 4.78 is 12.2. The fourth-order valence-corrected chi connectivity index (χ4v) is 2.68. The summed E-state index contributed by atoms with van der Waals surface area (Å²) in [6.07, 6.45) is 2.63. The molecule has 0 heterocycles. The molecular formula is C19H19BrO4. The number of halogens is 1. The van der Waals surface area contributed by atoms with Crippen LogP contribution in [0.1, 0.15) is 16.7 Å². The first-order valence-corrected chi connectivity index (χ1v) is 8.28. The van der Waals surface area contributed by atoms with Crippen molar-refractivity contribution in [3.05, 3.63) is 63.6 Å². The van der Waals surface area contributed by atoms with E-state index < -0.39 is 5.97 Å². The maximum absolute atomic E-state index is 10.5. The lowest BCUT2D eigenvalue weighted by Crippen LogP contribution is -2.09. The fourth-order valence-electron chi connectivity index (χ4n) is 2.17. The number of carboxylic acid groups (broad SMARTS) is 1. The molecule has 0 spiro atoms. The number of benzene rings is 2. The minimum atomic E-state index is -0.977. The molecule has 0 fully saturated rings. The molecule has 126 valence electrons. The molecule has 4 nitrogen and oxygen atoms in total. The minimum Gasteiger partial charge on any atom is -0.490 e. The summed E-state index contributed by atoms with van der Waals surface area (Å²) in [6.45, 7) is 4.92. The molecule has 2 rings (SSSR count). The summed E-state index contributed by atoms with van der Waals surface area (Å²) in [5, 5.41) is 8.63. The van der Waals surface area contributed by atoms with Gasteiger partial charge >= 0.3 is 5.97 Å². The fraction of sp³-hybridized carbons (Fsp3) is 0.211. The third-order valence-electron chi connectivity index (χ3n) is 3.30. The Morgan fingerprint density at radius 3 is 2.38 bits per heavy atom. The molecule has 24 heavy (non-hydrogen) atoms. The Bertz CT molecular complexity index is 753. The lowest BCUT2D eigenvalue weighted by Gasteiger charge is -2.12. The molecule has 0 atom stereocenters. The zero-order valence-electron chi connectivity index (χ0n) is 13.6. The third kappa shape index (κ3) is 5.42. The first-order valence-electron chi connectivity index (χ1n) is 7.49. The van der Waals surface area contributed by atoms with E-state index in [1.165, 1.54) is 11.6 Å². The lowest BCUT2D eigenvalue weighted by atomic mass is 10.1. The number of aliphatic carboxylic acids is 1. The van der Waals surface area contributed by atoms with Crippen LogP contribution in [0.25, 0.3) is 6.08 Å². The van der Waals surface area contributed by atoms with Crippen LogP contribution in [0.4, 0.5) is 0 Å². The molecule has 0 aliphatic heterocycles. The van der Waals surface area contributed by atoms with E-state index in [1.54, 1.807) is 18.2 Å². The van der Waals surface area contributed by atoms with Crippen LogP contribution in [0, 0.1) is 13.8 Å². The van der Waals surface area contributed by atoms with Crippen molar-refractivity contribution in [2.45, 2.75) is 13.8 Å². The molecule has 0 radical (unpaired) electrons. The highest BCUT2D eigenvalue weighted by Crippen LogP contribution is 2.26. The van der Waals surface area contributed by atoms with E-state index in [9.17, 15) is 4.79 Å². The van der Waals surface area contributed by atoms with E-state index >= 15 is 0 Å². The molecule has 0 aromatic heterocycles. The second-order valence-corrected chi connectivity index (χ2v) is 6.18. The third-order valence-corrected chi connectivity index (χ3v) is 3.92. The van der Waals surface area contributed by atoms with Gasteiger partial charge in [-0.15, -0.1) is 0 Å². The SMILES string of the molecule is Cc1ccc(OCCOc2ccc(C=CC(=O)O)cc2Br)c(C)c1. The second kappa shape index (κ2) is 8.55. The Hall–Kier alpha value is -2.27. The number of ether oxygens (including phenoxy) is 2. The summed E-state index contributed by atoms with van der Waals surface area (Å²) in [6, 6.07) is 11.5. The summed E-state index contributed by atoms with van der Waals surface area (Å²) in [5.74, 6) is 0.569. The van der Waals surface area contributed by atoms with Crippen LogP contribution in [0.2, 0.25) is 0 Å². The van der Waals surface area contributed by atoms with Gasteiger partial charge in [-0.05, 0) is 65.2 Å². The normalized spacial score (nSPS) is 10.8. The molecule has 0 aliphatic rings. The van der Waals surface area contributed by atoms with Crippen molar-refractivity contribution in [1.82, 2.24) is 0 Å². The highest BCUT2D eigenvalue weighted by atomic mass is 79.9. The van der Waals surface area contributed by atoms with Crippen molar-refractivity contribution in [1.29, 1.82) is 0 Å². The number of aryl methyl sites for hydroxylation is 2. The Balaban J connectivity index is 1.87. The highest BCUT2D eigenvalue weighted by Gasteiger charge is 2.03. The standard InChI is InChI=1S/C19H19BrO4/c1-13-3-6-17(14(2)11-13)23-9-10-24-18-7-4-15(12-16(18)20)5-8-19(21)22/h3-8,11-12H,9-10H2,1-2H3,(H,21,22). The number of hydrogen-bond acceptors (Lipinski definition) is 3. The van der Waals surface area contributed by atoms with E-state index in [-0.39, 0.29) is 0 Å². The molecule has 1 N–H and O–H groups in total. The first-order chi connectivity index (χ1) is 11.5. The van der Waals surface area contributed by atoms with Crippen LogP contribution in [-0.2, 0) is 4.79 Å². The Morgan fingerprint density at radius 2 is 1.75 bits per heavy atom. The zero-order chi connectivity index (χ0) is 17.5. The maximum Gasteiger partial charge on any atom is 0.328 e. The van der Waals surface area contributed by atoms with Gasteiger partial charge in [0.1, 0.15) is 24.7 Å². The van der Waals surface area contributed by atoms with E-state index in [2.05, 4.69) is 22.0 Å². The Kier molecular flexibility index (Phi) is 6.44. The summed E-state index contributed by atoms with van der Waals surface area (Å²) >= 11 is 3.42. The molecular weight excluding hydrogens is 372 g/mol. The van der Waals surface area contributed by atoms with Crippen molar-refractivity contribution in [3.63, 3.8) is 0 Å². The quantitative estimate of drug-likeness (QED) is 0.553. The van der Waals surface area contributed by atoms with Crippen molar-refractivity contribution in [2.75, 3.05) is 13.2 Å². The molecule has 2 aromatic carbocycles. The molecule has 5 heteroatoms. The summed E-state index contributed by atoms with van der Waals surface area (Å²) in [5.41, 5.74) is 3.09. The maximum atomic E-state index is 10.5. The predicted molar refractivity (Wildman–Crippen MR) is 97.7 cm³/mol. The van der Waals surface area contributed by atoms with Crippen molar-refractivity contribution in [3.8, 4) is 11.5 Å². The smallest absolute Gasteiger partial charge is 0.328 e. The van der Waals surface area contributed by atoms with Gasteiger partial charge < -0.3 is 14.6 Å². The van der Waals surface area contributed by atoms with Crippen LogP contribution >= 0.6 is 15.9 Å². The van der Waals surface area contributed by atoms with Gasteiger partial charge in [0.25, 0.3) is 0 Å². The van der Waals surface area contributed by atoms with Crippen LogP contribution in [-0.4, -0.2) is 24.3 Å². The number of carboxylic acids is 1. The van der Waals surface area contributed by atoms with Gasteiger partial charge in [0, 0.05) is 6.08 Å². The van der Waals surface area contributed by atoms with E-state index in [0.29, 0.717) is 19.0 Å². The topological polar surface area (TPSA) is 55.8 Å².